The fraction of sp³-hybridized carbons (Fsp3) is 0.286. The Morgan fingerprint density at radius 2 is 1.71 bits per heavy atom. The predicted octanol–water partition coefficient (Wildman–Crippen LogP) is 0.896. The van der Waals surface area contributed by atoms with Gasteiger partial charge < -0.3 is 14.9 Å². The van der Waals surface area contributed by atoms with Crippen molar-refractivity contribution in [1.29, 1.82) is 0 Å². The van der Waals surface area contributed by atoms with Gasteiger partial charge in [0.2, 0.25) is 5.95 Å². The summed E-state index contributed by atoms with van der Waals surface area (Å²) in [5.41, 5.74) is 0.952. The number of rotatable bonds is 3. The SMILES string of the molecule is O=C(O)c1ccncc1N1CCN(c2ncccn2)CC1. The third kappa shape index (κ3) is 2.76. The molecule has 7 nitrogen and oxygen atoms in total. The molecule has 0 aliphatic carbocycles. The number of aromatic nitrogens is 3. The van der Waals surface area contributed by atoms with E-state index in [1.807, 2.05) is 4.90 Å². The molecule has 7 heteroatoms. The van der Waals surface area contributed by atoms with Crippen LogP contribution in [-0.4, -0.2) is 52.2 Å². The van der Waals surface area contributed by atoms with E-state index in [1.165, 1.54) is 12.3 Å². The molecule has 1 fully saturated rings. The van der Waals surface area contributed by atoms with Gasteiger partial charge in [-0.05, 0) is 12.1 Å². The molecule has 21 heavy (non-hydrogen) atoms. The Morgan fingerprint density at radius 1 is 1.05 bits per heavy atom. The van der Waals surface area contributed by atoms with E-state index in [0.29, 0.717) is 24.7 Å². The Kier molecular flexibility index (Phi) is 3.63. The van der Waals surface area contributed by atoms with Crippen molar-refractivity contribution in [3.8, 4) is 0 Å². The second kappa shape index (κ2) is 5.74. The van der Waals surface area contributed by atoms with E-state index in [1.54, 1.807) is 24.7 Å². The maximum atomic E-state index is 11.3. The van der Waals surface area contributed by atoms with E-state index in [2.05, 4.69) is 19.9 Å². The number of anilines is 2. The number of nitrogens with zero attached hydrogens (tertiary/aromatic N) is 5. The van der Waals surface area contributed by atoms with Crippen LogP contribution in [0.5, 0.6) is 0 Å². The van der Waals surface area contributed by atoms with Crippen molar-refractivity contribution in [1.82, 2.24) is 15.0 Å². The standard InChI is InChI=1S/C14H15N5O2/c20-13(21)11-2-5-15-10-12(11)18-6-8-19(9-7-18)14-16-3-1-4-17-14/h1-5,10H,6-9H2,(H,20,21). The highest BCUT2D eigenvalue weighted by atomic mass is 16.4. The van der Waals surface area contributed by atoms with Crippen LogP contribution >= 0.6 is 0 Å². The van der Waals surface area contributed by atoms with Gasteiger partial charge in [0.15, 0.2) is 0 Å². The van der Waals surface area contributed by atoms with Crippen molar-refractivity contribution in [3.05, 3.63) is 42.5 Å². The minimum atomic E-state index is -0.929. The van der Waals surface area contributed by atoms with Gasteiger partial charge in [-0.2, -0.15) is 0 Å². The normalized spacial score (nSPS) is 15.0. The van der Waals surface area contributed by atoms with Gasteiger partial charge in [0, 0.05) is 44.8 Å². The summed E-state index contributed by atoms with van der Waals surface area (Å²) >= 11 is 0. The van der Waals surface area contributed by atoms with Gasteiger partial charge in [0.25, 0.3) is 0 Å². The van der Waals surface area contributed by atoms with Crippen LogP contribution in [0.2, 0.25) is 0 Å². The largest absolute Gasteiger partial charge is 0.478 e. The van der Waals surface area contributed by atoms with Crippen LogP contribution in [0.3, 0.4) is 0 Å². The van der Waals surface area contributed by atoms with Crippen LogP contribution < -0.4 is 9.80 Å². The summed E-state index contributed by atoms with van der Waals surface area (Å²) in [4.78, 5) is 27.9. The second-order valence-corrected chi connectivity index (χ2v) is 4.72. The first-order valence-corrected chi connectivity index (χ1v) is 6.70. The van der Waals surface area contributed by atoms with Crippen LogP contribution in [0.25, 0.3) is 0 Å². The molecule has 1 aliphatic rings. The maximum Gasteiger partial charge on any atom is 0.337 e. The number of hydrogen-bond acceptors (Lipinski definition) is 6. The Labute approximate surface area is 121 Å². The molecule has 2 aromatic rings. The number of aromatic carboxylic acids is 1. The van der Waals surface area contributed by atoms with Crippen molar-refractivity contribution in [2.24, 2.45) is 0 Å². The van der Waals surface area contributed by atoms with Crippen LogP contribution in [0.4, 0.5) is 11.6 Å². The lowest BCUT2D eigenvalue weighted by molar-refractivity contribution is 0.0697. The lowest BCUT2D eigenvalue weighted by Crippen LogP contribution is -2.47. The van der Waals surface area contributed by atoms with Crippen molar-refractivity contribution in [2.45, 2.75) is 0 Å². The smallest absolute Gasteiger partial charge is 0.337 e. The molecule has 0 unspecified atom stereocenters. The monoisotopic (exact) mass is 285 g/mol. The molecule has 3 heterocycles. The molecule has 1 aliphatic heterocycles. The highest BCUT2D eigenvalue weighted by molar-refractivity contribution is 5.94. The van der Waals surface area contributed by atoms with Gasteiger partial charge in [-0.1, -0.05) is 0 Å². The third-order valence-corrected chi connectivity index (χ3v) is 3.49. The number of pyridine rings is 1. The molecule has 0 spiro atoms. The molecule has 1 N–H and O–H groups in total. The van der Waals surface area contributed by atoms with E-state index in [-0.39, 0.29) is 5.56 Å². The quantitative estimate of drug-likeness (QED) is 0.897. The number of carbonyl (C=O) groups is 1. The van der Waals surface area contributed by atoms with E-state index in [4.69, 9.17) is 0 Å². The minimum absolute atomic E-state index is 0.286. The molecule has 0 amide bonds. The molecule has 0 atom stereocenters. The summed E-state index contributed by atoms with van der Waals surface area (Å²) in [7, 11) is 0. The average molecular weight is 285 g/mol. The maximum absolute atomic E-state index is 11.3. The Balaban J connectivity index is 1.73. The molecular formula is C14H15N5O2. The highest BCUT2D eigenvalue weighted by Crippen LogP contribution is 2.21. The molecule has 2 aromatic heterocycles. The molecular weight excluding hydrogens is 270 g/mol. The van der Waals surface area contributed by atoms with Crippen LogP contribution in [0.1, 0.15) is 10.4 Å². The first kappa shape index (κ1) is 13.3. The highest BCUT2D eigenvalue weighted by Gasteiger charge is 2.22. The van der Waals surface area contributed by atoms with E-state index < -0.39 is 5.97 Å². The van der Waals surface area contributed by atoms with E-state index in [0.717, 1.165) is 13.1 Å². The fourth-order valence-electron chi connectivity index (χ4n) is 2.42. The Hall–Kier alpha value is -2.70. The molecule has 1 saturated heterocycles. The number of hydrogen-bond donors (Lipinski definition) is 1. The first-order valence-electron chi connectivity index (χ1n) is 6.70. The summed E-state index contributed by atoms with van der Waals surface area (Å²) in [6.45, 7) is 2.92. The lowest BCUT2D eigenvalue weighted by Gasteiger charge is -2.36. The average Bonchev–Trinajstić information content (AvgIpc) is 2.56. The Bertz CT molecular complexity index is 626. The Morgan fingerprint density at radius 3 is 2.38 bits per heavy atom. The fourth-order valence-corrected chi connectivity index (χ4v) is 2.42. The van der Waals surface area contributed by atoms with Gasteiger partial charge in [0.1, 0.15) is 0 Å². The summed E-state index contributed by atoms with van der Waals surface area (Å²) in [5, 5.41) is 9.24. The van der Waals surface area contributed by atoms with Crippen molar-refractivity contribution in [3.63, 3.8) is 0 Å². The van der Waals surface area contributed by atoms with Gasteiger partial charge >= 0.3 is 5.97 Å². The van der Waals surface area contributed by atoms with Crippen molar-refractivity contribution >= 4 is 17.6 Å². The zero-order chi connectivity index (χ0) is 14.7. The third-order valence-electron chi connectivity index (χ3n) is 3.49. The van der Waals surface area contributed by atoms with E-state index >= 15 is 0 Å². The molecule has 0 bridgehead atoms. The van der Waals surface area contributed by atoms with Gasteiger partial charge in [0.05, 0.1) is 17.4 Å². The summed E-state index contributed by atoms with van der Waals surface area (Å²) in [5.74, 6) is -0.219. The number of carboxylic acids is 1. The van der Waals surface area contributed by atoms with Gasteiger partial charge in [-0.15, -0.1) is 0 Å². The summed E-state index contributed by atoms with van der Waals surface area (Å²) in [6.07, 6.45) is 6.55. The van der Waals surface area contributed by atoms with Crippen molar-refractivity contribution < 1.29 is 9.90 Å². The molecule has 3 rings (SSSR count). The minimum Gasteiger partial charge on any atom is -0.478 e. The summed E-state index contributed by atoms with van der Waals surface area (Å²) in [6, 6.07) is 3.32. The van der Waals surface area contributed by atoms with Crippen molar-refractivity contribution in [2.75, 3.05) is 36.0 Å². The van der Waals surface area contributed by atoms with Crippen LogP contribution in [0.15, 0.2) is 36.9 Å². The second-order valence-electron chi connectivity index (χ2n) is 4.72. The number of carboxylic acid groups (broad SMARTS) is 1. The molecule has 0 aromatic carbocycles. The molecule has 0 saturated carbocycles. The molecule has 108 valence electrons. The van der Waals surface area contributed by atoms with Crippen LogP contribution in [-0.2, 0) is 0 Å². The summed E-state index contributed by atoms with van der Waals surface area (Å²) < 4.78 is 0. The van der Waals surface area contributed by atoms with Gasteiger partial charge in [-0.3, -0.25) is 4.98 Å². The molecule has 0 radical (unpaired) electrons. The van der Waals surface area contributed by atoms with Gasteiger partial charge in [-0.25, -0.2) is 14.8 Å². The van der Waals surface area contributed by atoms with E-state index in [9.17, 15) is 9.90 Å². The number of piperazine rings is 1. The predicted molar refractivity (Wildman–Crippen MR) is 77.7 cm³/mol. The lowest BCUT2D eigenvalue weighted by atomic mass is 10.2. The zero-order valence-electron chi connectivity index (χ0n) is 11.4. The zero-order valence-corrected chi connectivity index (χ0v) is 11.4. The first-order chi connectivity index (χ1) is 10.3. The topological polar surface area (TPSA) is 82.5 Å². The van der Waals surface area contributed by atoms with Crippen LogP contribution in [0, 0.1) is 0 Å².